The largest absolute Gasteiger partial charge is 0.494 e. The van der Waals surface area contributed by atoms with Gasteiger partial charge in [0.2, 0.25) is 0 Å². The molecule has 7 nitrogen and oxygen atoms in total. The van der Waals surface area contributed by atoms with Crippen LogP contribution in [0.3, 0.4) is 0 Å². The first-order valence-corrected chi connectivity index (χ1v) is 12.5. The lowest BCUT2D eigenvalue weighted by molar-refractivity contribution is -0.143. The molecule has 0 unspecified atom stereocenters. The minimum Gasteiger partial charge on any atom is -0.494 e. The van der Waals surface area contributed by atoms with Gasteiger partial charge < -0.3 is 14.2 Å². The van der Waals surface area contributed by atoms with Crippen LogP contribution in [-0.2, 0) is 9.53 Å². The zero-order chi connectivity index (χ0) is 26.7. The number of halogens is 2. The molecule has 3 aromatic rings. The predicted octanol–water partition coefficient (Wildman–Crippen LogP) is 4.19. The molecule has 194 valence electrons. The molecule has 0 amide bonds. The van der Waals surface area contributed by atoms with Gasteiger partial charge in [0.1, 0.15) is 11.5 Å². The molecular weight excluding hydrogens is 502 g/mol. The van der Waals surface area contributed by atoms with Gasteiger partial charge in [0.15, 0.2) is 4.80 Å². The fraction of sp³-hybridized carbons (Fsp3) is 0.296. The Balaban J connectivity index is 1.90. The summed E-state index contributed by atoms with van der Waals surface area (Å²) in [4.78, 5) is 31.8. The van der Waals surface area contributed by atoms with Crippen LogP contribution in [0.15, 0.2) is 69.6 Å². The summed E-state index contributed by atoms with van der Waals surface area (Å²) < 4.78 is 43.1. The Hall–Kier alpha value is -3.79. The van der Waals surface area contributed by atoms with Gasteiger partial charge in [-0.2, -0.15) is 8.78 Å². The number of alkyl halides is 2. The fourth-order valence-electron chi connectivity index (χ4n) is 4.03. The molecule has 2 heterocycles. The topological polar surface area (TPSA) is 79.1 Å². The second-order valence-electron chi connectivity index (χ2n) is 8.45. The van der Waals surface area contributed by atoms with Crippen molar-refractivity contribution in [3.8, 4) is 11.5 Å². The molecule has 0 aliphatic carbocycles. The van der Waals surface area contributed by atoms with E-state index in [0.717, 1.165) is 11.3 Å². The summed E-state index contributed by atoms with van der Waals surface area (Å²) in [7, 11) is 0. The lowest BCUT2D eigenvalue weighted by Crippen LogP contribution is -2.40. The van der Waals surface area contributed by atoms with E-state index < -0.39 is 24.2 Å². The number of carbonyl (C=O) groups excluding carboxylic acids is 1. The number of allylic oxidation sites excluding steroid dienone is 1. The number of benzene rings is 2. The Morgan fingerprint density at radius 3 is 2.51 bits per heavy atom. The van der Waals surface area contributed by atoms with Crippen molar-refractivity contribution in [3.63, 3.8) is 0 Å². The summed E-state index contributed by atoms with van der Waals surface area (Å²) in [5.74, 6) is 0.0326. The maximum atomic E-state index is 13.7. The molecule has 1 aliphatic rings. The molecule has 0 fully saturated rings. The third-order valence-electron chi connectivity index (χ3n) is 5.51. The molecule has 0 bridgehead atoms. The minimum absolute atomic E-state index is 0.0521. The van der Waals surface area contributed by atoms with Crippen molar-refractivity contribution in [2.75, 3.05) is 6.61 Å². The summed E-state index contributed by atoms with van der Waals surface area (Å²) in [6.45, 7) is 4.55. The van der Waals surface area contributed by atoms with Crippen molar-refractivity contribution in [2.24, 2.45) is 4.99 Å². The Labute approximate surface area is 215 Å². The second kappa shape index (κ2) is 11.1. The smallest absolute Gasteiger partial charge is 0.387 e. The normalized spacial score (nSPS) is 15.6. The van der Waals surface area contributed by atoms with E-state index in [4.69, 9.17) is 9.47 Å². The number of thiazole rings is 1. The molecule has 0 saturated carbocycles. The Morgan fingerprint density at radius 1 is 1.16 bits per heavy atom. The monoisotopic (exact) mass is 528 g/mol. The molecule has 0 radical (unpaired) electrons. The molecule has 0 saturated heterocycles. The van der Waals surface area contributed by atoms with Crippen molar-refractivity contribution in [1.82, 2.24) is 4.57 Å². The first kappa shape index (κ1) is 26.3. The van der Waals surface area contributed by atoms with Crippen LogP contribution >= 0.6 is 11.3 Å². The average Bonchev–Trinajstić information content (AvgIpc) is 3.13. The quantitative estimate of drug-likeness (QED) is 0.410. The van der Waals surface area contributed by atoms with E-state index in [1.54, 1.807) is 63.2 Å². The van der Waals surface area contributed by atoms with Crippen LogP contribution in [0.2, 0.25) is 0 Å². The Kier molecular flexibility index (Phi) is 7.87. The predicted molar refractivity (Wildman–Crippen MR) is 136 cm³/mol. The van der Waals surface area contributed by atoms with Crippen molar-refractivity contribution < 1.29 is 27.8 Å². The minimum atomic E-state index is -3.01. The molecule has 37 heavy (non-hydrogen) atoms. The van der Waals surface area contributed by atoms with E-state index in [1.165, 1.54) is 16.7 Å². The zero-order valence-corrected chi connectivity index (χ0v) is 21.6. The number of nitrogens with zero attached hydrogens (tertiary/aromatic N) is 2. The van der Waals surface area contributed by atoms with E-state index in [-0.39, 0.29) is 22.0 Å². The number of hydrogen-bond acceptors (Lipinski definition) is 7. The van der Waals surface area contributed by atoms with Crippen molar-refractivity contribution in [2.45, 2.75) is 46.5 Å². The van der Waals surface area contributed by atoms with Crippen LogP contribution in [0, 0.1) is 0 Å². The van der Waals surface area contributed by atoms with E-state index in [9.17, 15) is 18.4 Å². The number of rotatable bonds is 8. The number of ether oxygens (including phenoxy) is 3. The summed E-state index contributed by atoms with van der Waals surface area (Å²) in [6.07, 6.45) is 1.12. The second-order valence-corrected chi connectivity index (χ2v) is 9.46. The maximum absolute atomic E-state index is 13.7. The lowest BCUT2D eigenvalue weighted by atomic mass is 9.96. The summed E-state index contributed by atoms with van der Waals surface area (Å²) in [6, 6.07) is 12.5. The van der Waals surface area contributed by atoms with Gasteiger partial charge in [-0.3, -0.25) is 9.36 Å². The molecule has 10 heteroatoms. The van der Waals surface area contributed by atoms with Gasteiger partial charge in [-0.15, -0.1) is 0 Å². The highest BCUT2D eigenvalue weighted by Crippen LogP contribution is 2.32. The Bertz CT molecular complexity index is 1510. The van der Waals surface area contributed by atoms with E-state index in [1.807, 2.05) is 6.92 Å². The van der Waals surface area contributed by atoms with Crippen LogP contribution < -0.4 is 24.4 Å². The summed E-state index contributed by atoms with van der Waals surface area (Å²) in [5.41, 5.74) is 1.25. The molecule has 1 aromatic heterocycles. The van der Waals surface area contributed by atoms with Crippen LogP contribution in [-0.4, -0.2) is 29.9 Å². The van der Waals surface area contributed by atoms with Gasteiger partial charge in [0.05, 0.1) is 34.6 Å². The van der Waals surface area contributed by atoms with Crippen LogP contribution in [0.25, 0.3) is 6.08 Å². The number of hydrogen-bond donors (Lipinski definition) is 0. The number of aromatic nitrogens is 1. The zero-order valence-electron chi connectivity index (χ0n) is 20.7. The van der Waals surface area contributed by atoms with Crippen LogP contribution in [0.5, 0.6) is 11.5 Å². The average molecular weight is 529 g/mol. The molecule has 1 aliphatic heterocycles. The third-order valence-corrected chi connectivity index (χ3v) is 6.50. The number of para-hydroxylation sites is 1. The van der Waals surface area contributed by atoms with Gasteiger partial charge >= 0.3 is 12.6 Å². The summed E-state index contributed by atoms with van der Waals surface area (Å²) in [5, 5.41) is 0. The standard InChI is InChI=1S/C27H26F2N2O5S/c1-5-34-19-12-10-17(11-13-19)23-22(25(33)35-15(2)3)16(4)30-27-31(23)24(32)21(37-27)14-18-8-6-7-9-20(18)36-26(28)29/h6-15,23,26H,5H2,1-4H3/b21-14-/t23-/m1/s1. The molecular formula is C27H26F2N2O5S. The lowest BCUT2D eigenvalue weighted by Gasteiger charge is -2.25. The fourth-order valence-corrected chi connectivity index (χ4v) is 5.07. The highest BCUT2D eigenvalue weighted by molar-refractivity contribution is 7.07. The number of esters is 1. The number of fused-ring (bicyclic) bond motifs is 1. The van der Waals surface area contributed by atoms with Gasteiger partial charge in [-0.05, 0) is 57.5 Å². The number of carbonyl (C=O) groups is 1. The first-order chi connectivity index (χ1) is 17.7. The highest BCUT2D eigenvalue weighted by atomic mass is 32.1. The Morgan fingerprint density at radius 2 is 1.86 bits per heavy atom. The van der Waals surface area contributed by atoms with Gasteiger partial charge in [-0.25, -0.2) is 9.79 Å². The maximum Gasteiger partial charge on any atom is 0.387 e. The highest BCUT2D eigenvalue weighted by Gasteiger charge is 2.33. The van der Waals surface area contributed by atoms with Crippen LogP contribution in [0.4, 0.5) is 8.78 Å². The molecule has 4 rings (SSSR count). The first-order valence-electron chi connectivity index (χ1n) is 11.7. The molecule has 0 spiro atoms. The van der Waals surface area contributed by atoms with Gasteiger partial charge in [-0.1, -0.05) is 41.7 Å². The van der Waals surface area contributed by atoms with E-state index >= 15 is 0 Å². The van der Waals surface area contributed by atoms with E-state index in [0.29, 0.717) is 34.0 Å². The molecule has 0 N–H and O–H groups in total. The molecule has 1 atom stereocenters. The summed E-state index contributed by atoms with van der Waals surface area (Å²) >= 11 is 1.10. The molecule has 2 aromatic carbocycles. The van der Waals surface area contributed by atoms with E-state index in [2.05, 4.69) is 9.73 Å². The van der Waals surface area contributed by atoms with Crippen molar-refractivity contribution >= 4 is 23.4 Å². The SMILES string of the molecule is CCOc1ccc([C@@H]2C(C(=O)OC(C)C)=C(C)N=c3s/c(=C\c4ccccc4OC(F)F)c(=O)n32)cc1. The third kappa shape index (κ3) is 5.64. The van der Waals surface area contributed by atoms with Crippen molar-refractivity contribution in [3.05, 3.63) is 90.6 Å². The van der Waals surface area contributed by atoms with Gasteiger partial charge in [0, 0.05) is 5.56 Å². The van der Waals surface area contributed by atoms with Crippen LogP contribution in [0.1, 0.15) is 44.9 Å². The van der Waals surface area contributed by atoms with Gasteiger partial charge in [0.25, 0.3) is 5.56 Å². The van der Waals surface area contributed by atoms with Crippen molar-refractivity contribution in [1.29, 1.82) is 0 Å².